The molecule has 1 saturated carbocycles. The minimum atomic E-state index is -0.481. The van der Waals surface area contributed by atoms with Crippen molar-refractivity contribution in [3.63, 3.8) is 0 Å². The standard InChI is InChI=1S/C4H6FI/c5-3-1-2-4(3)6/h3-4H,1-2H2/t3-,4-/m1/s1. The van der Waals surface area contributed by atoms with Gasteiger partial charge in [0.1, 0.15) is 6.17 Å². The highest BCUT2D eigenvalue weighted by Gasteiger charge is 2.27. The van der Waals surface area contributed by atoms with Gasteiger partial charge in [-0.3, -0.25) is 0 Å². The van der Waals surface area contributed by atoms with E-state index in [-0.39, 0.29) is 0 Å². The third-order valence-electron chi connectivity index (χ3n) is 1.11. The lowest BCUT2D eigenvalue weighted by Gasteiger charge is -2.23. The fourth-order valence-corrected chi connectivity index (χ4v) is 1.14. The van der Waals surface area contributed by atoms with Crippen molar-refractivity contribution in [2.24, 2.45) is 0 Å². The highest BCUT2D eigenvalue weighted by atomic mass is 127. The second-order valence-electron chi connectivity index (χ2n) is 1.61. The number of alkyl halides is 2. The molecule has 0 aromatic carbocycles. The van der Waals surface area contributed by atoms with Gasteiger partial charge in [-0.05, 0) is 12.8 Å². The second-order valence-corrected chi connectivity index (χ2v) is 3.21. The van der Waals surface area contributed by atoms with Crippen molar-refractivity contribution in [3.8, 4) is 0 Å². The Morgan fingerprint density at radius 2 is 2.00 bits per heavy atom. The maximum absolute atomic E-state index is 11.9. The summed E-state index contributed by atoms with van der Waals surface area (Å²) in [6.45, 7) is 0. The molecule has 1 aliphatic carbocycles. The third-order valence-corrected chi connectivity index (χ3v) is 2.51. The predicted octanol–water partition coefficient (Wildman–Crippen LogP) is 1.92. The van der Waals surface area contributed by atoms with Crippen molar-refractivity contribution in [3.05, 3.63) is 0 Å². The van der Waals surface area contributed by atoms with Gasteiger partial charge in [-0.25, -0.2) is 4.39 Å². The first-order valence-electron chi connectivity index (χ1n) is 2.09. The van der Waals surface area contributed by atoms with Gasteiger partial charge in [-0.2, -0.15) is 0 Å². The zero-order valence-corrected chi connectivity index (χ0v) is 5.48. The van der Waals surface area contributed by atoms with Gasteiger partial charge in [0.2, 0.25) is 0 Å². The maximum atomic E-state index is 11.9. The van der Waals surface area contributed by atoms with E-state index in [1.54, 1.807) is 0 Å². The Kier molecular flexibility index (Phi) is 1.31. The first kappa shape index (κ1) is 4.81. The van der Waals surface area contributed by atoms with Gasteiger partial charge >= 0.3 is 0 Å². The molecule has 0 aromatic rings. The maximum Gasteiger partial charge on any atom is 0.112 e. The molecule has 0 N–H and O–H groups in total. The summed E-state index contributed by atoms with van der Waals surface area (Å²) in [4.78, 5) is 0. The van der Waals surface area contributed by atoms with E-state index in [1.807, 2.05) is 0 Å². The predicted molar refractivity (Wildman–Crippen MR) is 31.9 cm³/mol. The van der Waals surface area contributed by atoms with Crippen LogP contribution in [-0.2, 0) is 0 Å². The van der Waals surface area contributed by atoms with Crippen molar-refractivity contribution in [2.75, 3.05) is 0 Å². The van der Waals surface area contributed by atoms with Gasteiger partial charge in [0.25, 0.3) is 0 Å². The molecule has 0 bridgehead atoms. The lowest BCUT2D eigenvalue weighted by Crippen LogP contribution is -2.26. The van der Waals surface area contributed by atoms with E-state index in [4.69, 9.17) is 0 Å². The number of halogens is 2. The van der Waals surface area contributed by atoms with E-state index in [1.165, 1.54) is 0 Å². The van der Waals surface area contributed by atoms with Gasteiger partial charge < -0.3 is 0 Å². The average molecular weight is 200 g/mol. The molecule has 2 atom stereocenters. The van der Waals surface area contributed by atoms with Crippen LogP contribution in [-0.4, -0.2) is 10.1 Å². The quantitative estimate of drug-likeness (QED) is 0.414. The van der Waals surface area contributed by atoms with E-state index in [9.17, 15) is 4.39 Å². The minimum absolute atomic E-state index is 0.336. The third kappa shape index (κ3) is 0.669. The van der Waals surface area contributed by atoms with E-state index in [2.05, 4.69) is 22.6 Å². The topological polar surface area (TPSA) is 0 Å². The van der Waals surface area contributed by atoms with Gasteiger partial charge in [0.15, 0.2) is 0 Å². The molecule has 0 nitrogen and oxygen atoms in total. The van der Waals surface area contributed by atoms with Gasteiger partial charge in [0, 0.05) is 3.92 Å². The van der Waals surface area contributed by atoms with E-state index in [0.717, 1.165) is 12.8 Å². The first-order chi connectivity index (χ1) is 2.80. The van der Waals surface area contributed by atoms with Crippen LogP contribution in [0.25, 0.3) is 0 Å². The van der Waals surface area contributed by atoms with E-state index in [0.29, 0.717) is 3.92 Å². The number of hydrogen-bond acceptors (Lipinski definition) is 0. The normalized spacial score (nSPS) is 45.0. The highest BCUT2D eigenvalue weighted by Crippen LogP contribution is 2.29. The van der Waals surface area contributed by atoms with Gasteiger partial charge in [-0.1, -0.05) is 22.6 Å². The summed E-state index contributed by atoms with van der Waals surface area (Å²) in [5, 5.41) is 0. The SMILES string of the molecule is F[C@@H]1CC[C@H]1I. The molecule has 0 radical (unpaired) electrons. The average Bonchev–Trinajstić information content (AvgIpc) is 1.61. The van der Waals surface area contributed by atoms with Crippen molar-refractivity contribution in [1.29, 1.82) is 0 Å². The van der Waals surface area contributed by atoms with Crippen LogP contribution in [0, 0.1) is 0 Å². The molecular weight excluding hydrogens is 194 g/mol. The van der Waals surface area contributed by atoms with Crippen LogP contribution >= 0.6 is 22.6 Å². The molecule has 0 heterocycles. The Morgan fingerprint density at radius 3 is 2.00 bits per heavy atom. The summed E-state index contributed by atoms with van der Waals surface area (Å²) in [6.07, 6.45) is 1.40. The smallest absolute Gasteiger partial charge is 0.112 e. The summed E-state index contributed by atoms with van der Waals surface area (Å²) in [7, 11) is 0. The molecule has 0 aliphatic heterocycles. The molecule has 0 saturated heterocycles. The molecule has 0 spiro atoms. The van der Waals surface area contributed by atoms with E-state index < -0.39 is 6.17 Å². The fourth-order valence-electron chi connectivity index (χ4n) is 0.419. The largest absolute Gasteiger partial charge is 0.246 e. The molecule has 36 valence electrons. The Labute approximate surface area is 50.3 Å². The van der Waals surface area contributed by atoms with Crippen LogP contribution in [0.3, 0.4) is 0 Å². The molecule has 0 amide bonds. The van der Waals surface area contributed by atoms with E-state index >= 15 is 0 Å². The van der Waals surface area contributed by atoms with Crippen LogP contribution in [0.1, 0.15) is 12.8 Å². The summed E-state index contributed by atoms with van der Waals surface area (Å²) in [5.74, 6) is 0. The molecule has 0 unspecified atom stereocenters. The van der Waals surface area contributed by atoms with Gasteiger partial charge in [-0.15, -0.1) is 0 Å². The number of hydrogen-bond donors (Lipinski definition) is 0. The van der Waals surface area contributed by atoms with Crippen LogP contribution in [0.2, 0.25) is 0 Å². The molecule has 2 heteroatoms. The number of rotatable bonds is 0. The minimum Gasteiger partial charge on any atom is -0.246 e. The Morgan fingerprint density at radius 1 is 1.50 bits per heavy atom. The lowest BCUT2D eigenvalue weighted by molar-refractivity contribution is 0.231. The zero-order valence-electron chi connectivity index (χ0n) is 3.32. The first-order valence-corrected chi connectivity index (χ1v) is 3.33. The molecule has 1 rings (SSSR count). The molecule has 6 heavy (non-hydrogen) atoms. The Balaban J connectivity index is 2.20. The summed E-state index contributed by atoms with van der Waals surface area (Å²) in [6, 6.07) is 0. The molecule has 1 fully saturated rings. The summed E-state index contributed by atoms with van der Waals surface area (Å²) < 4.78 is 12.2. The van der Waals surface area contributed by atoms with Crippen LogP contribution in [0.15, 0.2) is 0 Å². The lowest BCUT2D eigenvalue weighted by atomic mass is 9.98. The van der Waals surface area contributed by atoms with Crippen LogP contribution in [0.4, 0.5) is 4.39 Å². The monoisotopic (exact) mass is 200 g/mol. The zero-order chi connectivity index (χ0) is 4.57. The Bertz CT molecular complexity index is 47.5. The highest BCUT2D eigenvalue weighted by molar-refractivity contribution is 14.1. The fraction of sp³-hybridized carbons (Fsp3) is 1.00. The van der Waals surface area contributed by atoms with Crippen molar-refractivity contribution >= 4 is 22.6 Å². The van der Waals surface area contributed by atoms with Crippen molar-refractivity contribution < 1.29 is 4.39 Å². The summed E-state index contributed by atoms with van der Waals surface area (Å²) >= 11 is 2.14. The van der Waals surface area contributed by atoms with Crippen LogP contribution < -0.4 is 0 Å². The van der Waals surface area contributed by atoms with Crippen molar-refractivity contribution in [1.82, 2.24) is 0 Å². The summed E-state index contributed by atoms with van der Waals surface area (Å²) in [5.41, 5.74) is 0. The van der Waals surface area contributed by atoms with Crippen molar-refractivity contribution in [2.45, 2.75) is 22.9 Å². The molecule has 1 aliphatic rings. The molecular formula is C4H6FI. The van der Waals surface area contributed by atoms with Crippen LogP contribution in [0.5, 0.6) is 0 Å². The van der Waals surface area contributed by atoms with Gasteiger partial charge in [0.05, 0.1) is 0 Å². The second kappa shape index (κ2) is 1.64. The Hall–Kier alpha value is 0.660. The molecule has 0 aromatic heterocycles.